The molecule has 0 bridgehead atoms. The molecule has 0 saturated heterocycles. The highest BCUT2D eigenvalue weighted by Gasteiger charge is 2.27. The number of guanidine groups is 1. The number of halogens is 2. The number of hydrogen-bond donors (Lipinski definition) is 1. The van der Waals surface area contributed by atoms with Gasteiger partial charge in [0.2, 0.25) is 0 Å². The van der Waals surface area contributed by atoms with E-state index in [0.717, 1.165) is 0 Å². The summed E-state index contributed by atoms with van der Waals surface area (Å²) in [5.41, 5.74) is 6.54. The molecule has 2 N–H and O–H groups in total. The summed E-state index contributed by atoms with van der Waals surface area (Å²) >= 11 is 0. The number of benzene rings is 1. The van der Waals surface area contributed by atoms with Crippen LogP contribution < -0.4 is 5.73 Å². The molecule has 100 valence electrons. The largest absolute Gasteiger partial charge is 0.370 e. The van der Waals surface area contributed by atoms with Crippen LogP contribution in [0.2, 0.25) is 0 Å². The fourth-order valence-corrected chi connectivity index (χ4v) is 1.75. The SMILES string of the molecule is CN(C(N)=NCCc1ccccc1F)C1CC1.I. The van der Waals surface area contributed by atoms with E-state index in [1.807, 2.05) is 18.0 Å². The summed E-state index contributed by atoms with van der Waals surface area (Å²) in [6.07, 6.45) is 2.98. The van der Waals surface area contributed by atoms with Gasteiger partial charge in [0.1, 0.15) is 5.82 Å². The van der Waals surface area contributed by atoms with E-state index >= 15 is 0 Å². The van der Waals surface area contributed by atoms with Crippen LogP contribution in [0.1, 0.15) is 18.4 Å². The lowest BCUT2D eigenvalue weighted by atomic mass is 10.1. The molecule has 1 aromatic carbocycles. The molecule has 2 rings (SSSR count). The van der Waals surface area contributed by atoms with E-state index in [0.29, 0.717) is 30.5 Å². The highest BCUT2D eigenvalue weighted by Crippen LogP contribution is 2.24. The first-order valence-corrected chi connectivity index (χ1v) is 5.94. The van der Waals surface area contributed by atoms with Crippen molar-refractivity contribution in [2.24, 2.45) is 10.7 Å². The normalized spacial score (nSPS) is 15.1. The number of rotatable bonds is 4. The molecule has 0 heterocycles. The molecule has 0 spiro atoms. The monoisotopic (exact) mass is 363 g/mol. The first kappa shape index (κ1) is 15.2. The van der Waals surface area contributed by atoms with Crippen LogP contribution in [0.4, 0.5) is 4.39 Å². The van der Waals surface area contributed by atoms with E-state index in [9.17, 15) is 4.39 Å². The van der Waals surface area contributed by atoms with Crippen LogP contribution in [0.5, 0.6) is 0 Å². The van der Waals surface area contributed by atoms with Gasteiger partial charge in [-0.15, -0.1) is 24.0 Å². The maximum Gasteiger partial charge on any atom is 0.191 e. The fourth-order valence-electron chi connectivity index (χ4n) is 1.75. The summed E-state index contributed by atoms with van der Waals surface area (Å²) in [5.74, 6) is 0.389. The van der Waals surface area contributed by atoms with Crippen LogP contribution >= 0.6 is 24.0 Å². The van der Waals surface area contributed by atoms with Crippen molar-refractivity contribution < 1.29 is 4.39 Å². The first-order valence-electron chi connectivity index (χ1n) is 5.94. The zero-order chi connectivity index (χ0) is 12.3. The molecule has 0 radical (unpaired) electrons. The fraction of sp³-hybridized carbons (Fsp3) is 0.462. The molecular weight excluding hydrogens is 344 g/mol. The van der Waals surface area contributed by atoms with Crippen molar-refractivity contribution in [1.29, 1.82) is 0 Å². The van der Waals surface area contributed by atoms with Crippen LogP contribution in [0.3, 0.4) is 0 Å². The third kappa shape index (κ3) is 4.12. The Balaban J connectivity index is 0.00000162. The average molecular weight is 363 g/mol. The van der Waals surface area contributed by atoms with Gasteiger partial charge in [0.25, 0.3) is 0 Å². The van der Waals surface area contributed by atoms with E-state index in [1.165, 1.54) is 18.9 Å². The van der Waals surface area contributed by atoms with Gasteiger partial charge in [-0.1, -0.05) is 18.2 Å². The topological polar surface area (TPSA) is 41.6 Å². The van der Waals surface area contributed by atoms with E-state index < -0.39 is 0 Å². The van der Waals surface area contributed by atoms with Gasteiger partial charge in [-0.3, -0.25) is 4.99 Å². The standard InChI is InChI=1S/C13H18FN3.HI/c1-17(11-6-7-11)13(15)16-9-8-10-4-2-3-5-12(10)14;/h2-5,11H,6-9H2,1H3,(H2,15,16);1H. The molecule has 0 aliphatic heterocycles. The van der Waals surface area contributed by atoms with Gasteiger partial charge in [-0.05, 0) is 30.9 Å². The third-order valence-electron chi connectivity index (χ3n) is 3.07. The summed E-state index contributed by atoms with van der Waals surface area (Å²) in [6, 6.07) is 7.34. The minimum absolute atomic E-state index is 0. The van der Waals surface area contributed by atoms with Gasteiger partial charge in [0.05, 0.1) is 0 Å². The lowest BCUT2D eigenvalue weighted by Crippen LogP contribution is -2.35. The van der Waals surface area contributed by atoms with Gasteiger partial charge in [0.15, 0.2) is 5.96 Å². The maximum atomic E-state index is 13.3. The average Bonchev–Trinajstić information content (AvgIpc) is 3.14. The molecule has 1 aliphatic rings. The first-order chi connectivity index (χ1) is 8.18. The zero-order valence-electron chi connectivity index (χ0n) is 10.5. The van der Waals surface area contributed by atoms with Gasteiger partial charge >= 0.3 is 0 Å². The number of nitrogens with two attached hydrogens (primary N) is 1. The Morgan fingerprint density at radius 3 is 2.72 bits per heavy atom. The van der Waals surface area contributed by atoms with Crippen molar-refractivity contribution in [2.75, 3.05) is 13.6 Å². The van der Waals surface area contributed by atoms with Crippen molar-refractivity contribution in [3.8, 4) is 0 Å². The smallest absolute Gasteiger partial charge is 0.191 e. The molecule has 1 aliphatic carbocycles. The van der Waals surface area contributed by atoms with Crippen LogP contribution in [0.15, 0.2) is 29.3 Å². The number of nitrogens with zero attached hydrogens (tertiary/aromatic N) is 2. The third-order valence-corrected chi connectivity index (χ3v) is 3.07. The van der Waals surface area contributed by atoms with E-state index in [1.54, 1.807) is 12.1 Å². The van der Waals surface area contributed by atoms with Crippen molar-refractivity contribution in [3.05, 3.63) is 35.6 Å². The Hall–Kier alpha value is -0.850. The van der Waals surface area contributed by atoms with Crippen LogP contribution in [0.25, 0.3) is 0 Å². The van der Waals surface area contributed by atoms with Gasteiger partial charge in [-0.2, -0.15) is 0 Å². The Kier molecular flexibility index (Phi) is 5.84. The summed E-state index contributed by atoms with van der Waals surface area (Å²) in [6.45, 7) is 0.532. The second-order valence-electron chi connectivity index (χ2n) is 4.42. The van der Waals surface area contributed by atoms with Crippen molar-refractivity contribution in [1.82, 2.24) is 4.90 Å². The molecule has 5 heteroatoms. The van der Waals surface area contributed by atoms with Crippen molar-refractivity contribution >= 4 is 29.9 Å². The summed E-state index contributed by atoms with van der Waals surface area (Å²) in [7, 11) is 1.96. The minimum Gasteiger partial charge on any atom is -0.370 e. The summed E-state index contributed by atoms with van der Waals surface area (Å²) in [5, 5.41) is 0. The number of aliphatic imine (C=N–C) groups is 1. The molecule has 3 nitrogen and oxygen atoms in total. The lowest BCUT2D eigenvalue weighted by Gasteiger charge is -2.16. The highest BCUT2D eigenvalue weighted by atomic mass is 127. The highest BCUT2D eigenvalue weighted by molar-refractivity contribution is 14.0. The predicted molar refractivity (Wildman–Crippen MR) is 82.8 cm³/mol. The molecule has 0 amide bonds. The molecule has 1 saturated carbocycles. The zero-order valence-corrected chi connectivity index (χ0v) is 12.8. The predicted octanol–water partition coefficient (Wildman–Crippen LogP) is 2.40. The summed E-state index contributed by atoms with van der Waals surface area (Å²) in [4.78, 5) is 6.28. The Labute approximate surface area is 124 Å². The van der Waals surface area contributed by atoms with E-state index in [2.05, 4.69) is 4.99 Å². The van der Waals surface area contributed by atoms with Gasteiger partial charge in [-0.25, -0.2) is 4.39 Å². The molecule has 0 unspecified atom stereocenters. The Morgan fingerprint density at radius 2 is 2.11 bits per heavy atom. The van der Waals surface area contributed by atoms with Crippen molar-refractivity contribution in [2.45, 2.75) is 25.3 Å². The molecule has 0 aromatic heterocycles. The van der Waals surface area contributed by atoms with Crippen LogP contribution in [-0.2, 0) is 6.42 Å². The van der Waals surface area contributed by atoms with Gasteiger partial charge in [0, 0.05) is 19.6 Å². The number of hydrogen-bond acceptors (Lipinski definition) is 1. The van der Waals surface area contributed by atoms with Gasteiger partial charge < -0.3 is 10.6 Å². The van der Waals surface area contributed by atoms with Crippen molar-refractivity contribution in [3.63, 3.8) is 0 Å². The second-order valence-corrected chi connectivity index (χ2v) is 4.42. The van der Waals surface area contributed by atoms with Crippen LogP contribution in [-0.4, -0.2) is 30.5 Å². The molecular formula is C13H19FIN3. The molecule has 1 aromatic rings. The Morgan fingerprint density at radius 1 is 1.44 bits per heavy atom. The molecule has 1 fully saturated rings. The summed E-state index contributed by atoms with van der Waals surface area (Å²) < 4.78 is 13.3. The van der Waals surface area contributed by atoms with E-state index in [4.69, 9.17) is 5.73 Å². The second kappa shape index (κ2) is 6.92. The van der Waals surface area contributed by atoms with E-state index in [-0.39, 0.29) is 29.8 Å². The minimum atomic E-state index is -0.170. The maximum absolute atomic E-state index is 13.3. The van der Waals surface area contributed by atoms with Crippen LogP contribution in [0, 0.1) is 5.82 Å². The Bertz CT molecular complexity index is 418. The molecule has 18 heavy (non-hydrogen) atoms. The molecule has 0 atom stereocenters. The quantitative estimate of drug-likeness (QED) is 0.507. The lowest BCUT2D eigenvalue weighted by molar-refractivity contribution is 0.487.